The Morgan fingerprint density at radius 1 is 0.432 bits per heavy atom. The SMILES string of the molecule is CCCCCCCCCCCC(=O)[O-].CCCCCCCCCCCC(=O)[O-].[CH2-]CCC.[CH2-]CCC.[Zr+4]. The van der Waals surface area contributed by atoms with E-state index in [-0.39, 0.29) is 39.0 Å². The molecule has 0 amide bonds. The third-order valence-electron chi connectivity index (χ3n) is 5.68. The van der Waals surface area contributed by atoms with Gasteiger partial charge in [-0.3, -0.25) is 0 Å². The van der Waals surface area contributed by atoms with Crippen molar-refractivity contribution < 1.29 is 46.0 Å². The van der Waals surface area contributed by atoms with Crippen LogP contribution in [-0.4, -0.2) is 11.9 Å². The third-order valence-corrected chi connectivity index (χ3v) is 5.68. The maximum Gasteiger partial charge on any atom is 4.00 e. The van der Waals surface area contributed by atoms with Crippen molar-refractivity contribution in [1.29, 1.82) is 0 Å². The van der Waals surface area contributed by atoms with Crippen molar-refractivity contribution in [3.05, 3.63) is 13.8 Å². The first kappa shape index (κ1) is 46.7. The fraction of sp³-hybridized carbons (Fsp3) is 0.875. The summed E-state index contributed by atoms with van der Waals surface area (Å²) in [5.74, 6) is -1.82. The maximum atomic E-state index is 10.1. The normalized spacial score (nSPS) is 9.46. The Morgan fingerprint density at radius 3 is 0.784 bits per heavy atom. The summed E-state index contributed by atoms with van der Waals surface area (Å²) in [6.45, 7) is 15.9. The molecule has 0 N–H and O–H groups in total. The zero-order valence-electron chi connectivity index (χ0n) is 25.5. The number of hydrogen-bond donors (Lipinski definition) is 0. The molecule has 0 aliphatic rings. The first-order valence-electron chi connectivity index (χ1n) is 15.4. The van der Waals surface area contributed by atoms with Crippen LogP contribution in [0.3, 0.4) is 0 Å². The summed E-state index contributed by atoms with van der Waals surface area (Å²) in [4.78, 5) is 20.2. The van der Waals surface area contributed by atoms with Gasteiger partial charge >= 0.3 is 26.2 Å². The zero-order chi connectivity index (χ0) is 28.1. The monoisotopic (exact) mass is 602 g/mol. The summed E-state index contributed by atoms with van der Waals surface area (Å²) in [6, 6.07) is 0. The number of carbonyl (C=O) groups excluding carboxylic acids is 2. The summed E-state index contributed by atoms with van der Waals surface area (Å²) in [5, 5.41) is 20.2. The molecule has 0 spiro atoms. The molecule has 0 unspecified atom stereocenters. The standard InChI is InChI=1S/2C12H24O2.2C4H9.Zr/c2*1-2-3-4-5-6-7-8-9-10-11-12(13)14;2*1-3-4-2;/h2*2-11H2,1H3,(H,13,14);2*1,3-4H2,2H3;/q;;2*-1;+4/p-2. The van der Waals surface area contributed by atoms with Gasteiger partial charge in [0.2, 0.25) is 0 Å². The molecular weight excluding hydrogens is 540 g/mol. The van der Waals surface area contributed by atoms with E-state index in [0.717, 1.165) is 38.5 Å². The summed E-state index contributed by atoms with van der Waals surface area (Å²) in [5.41, 5.74) is 0. The van der Waals surface area contributed by atoms with E-state index in [0.29, 0.717) is 0 Å². The Hall–Kier alpha value is -0.177. The van der Waals surface area contributed by atoms with Gasteiger partial charge in [-0.25, -0.2) is 0 Å². The molecule has 4 nitrogen and oxygen atoms in total. The van der Waals surface area contributed by atoms with Crippen molar-refractivity contribution in [3.8, 4) is 0 Å². The molecule has 0 saturated carbocycles. The second kappa shape index (κ2) is 48.8. The van der Waals surface area contributed by atoms with Gasteiger partial charge in [0.1, 0.15) is 0 Å². The smallest absolute Gasteiger partial charge is 0.550 e. The van der Waals surface area contributed by atoms with Crippen LogP contribution < -0.4 is 10.2 Å². The summed E-state index contributed by atoms with van der Waals surface area (Å²) in [6.07, 6.45) is 26.9. The van der Waals surface area contributed by atoms with E-state index in [1.165, 1.54) is 103 Å². The van der Waals surface area contributed by atoms with E-state index in [1.54, 1.807) is 0 Å². The Morgan fingerprint density at radius 2 is 0.622 bits per heavy atom. The molecule has 0 aliphatic heterocycles. The van der Waals surface area contributed by atoms with Gasteiger partial charge in [-0.15, -0.1) is 0 Å². The van der Waals surface area contributed by atoms with Crippen molar-refractivity contribution in [2.75, 3.05) is 0 Å². The molecule has 0 radical (unpaired) electrons. The van der Waals surface area contributed by atoms with E-state index in [4.69, 9.17) is 0 Å². The van der Waals surface area contributed by atoms with Crippen LogP contribution in [0.4, 0.5) is 0 Å². The summed E-state index contributed by atoms with van der Waals surface area (Å²) < 4.78 is 0. The van der Waals surface area contributed by atoms with Crippen molar-refractivity contribution >= 4 is 11.9 Å². The number of carboxylic acids is 2. The van der Waals surface area contributed by atoms with Gasteiger partial charge in [0.15, 0.2) is 0 Å². The molecule has 5 heteroatoms. The van der Waals surface area contributed by atoms with Gasteiger partial charge in [0, 0.05) is 11.9 Å². The van der Waals surface area contributed by atoms with Gasteiger partial charge in [-0.05, 0) is 25.7 Å². The molecule has 37 heavy (non-hydrogen) atoms. The molecule has 0 fully saturated rings. The Balaban J connectivity index is -0.000000140. The predicted molar refractivity (Wildman–Crippen MR) is 154 cm³/mol. The molecule has 0 aromatic carbocycles. The molecule has 0 aliphatic carbocycles. The largest absolute Gasteiger partial charge is 4.00 e. The fourth-order valence-electron chi connectivity index (χ4n) is 3.16. The van der Waals surface area contributed by atoms with E-state index in [1.807, 2.05) is 0 Å². The van der Waals surface area contributed by atoms with Gasteiger partial charge in [-0.2, -0.15) is 12.8 Å². The molecule has 0 atom stereocenters. The number of aliphatic carboxylic acids is 2. The second-order valence-corrected chi connectivity index (χ2v) is 9.61. The van der Waals surface area contributed by atoms with Crippen molar-refractivity contribution in [1.82, 2.24) is 0 Å². The first-order chi connectivity index (χ1) is 17.4. The molecule has 0 bridgehead atoms. The van der Waals surface area contributed by atoms with E-state index in [9.17, 15) is 19.8 Å². The van der Waals surface area contributed by atoms with Gasteiger partial charge in [0.25, 0.3) is 0 Å². The van der Waals surface area contributed by atoms with Crippen LogP contribution in [0.15, 0.2) is 0 Å². The topological polar surface area (TPSA) is 80.3 Å². The van der Waals surface area contributed by atoms with Crippen LogP contribution in [0.2, 0.25) is 0 Å². The van der Waals surface area contributed by atoms with E-state index >= 15 is 0 Å². The molecular formula is C32H64O4Zr. The van der Waals surface area contributed by atoms with Crippen LogP contribution in [0.1, 0.15) is 182 Å². The predicted octanol–water partition coefficient (Wildman–Crippen LogP) is 8.55. The van der Waals surface area contributed by atoms with Crippen LogP contribution in [0, 0.1) is 13.8 Å². The van der Waals surface area contributed by atoms with Crippen LogP contribution in [0.25, 0.3) is 0 Å². The maximum absolute atomic E-state index is 10.1. The average Bonchev–Trinajstić information content (AvgIpc) is 2.87. The van der Waals surface area contributed by atoms with Crippen LogP contribution >= 0.6 is 0 Å². The Kier molecular flexibility index (Phi) is 61.6. The zero-order valence-corrected chi connectivity index (χ0v) is 28.0. The third kappa shape index (κ3) is 72.2. The minimum absolute atomic E-state index is 0. The van der Waals surface area contributed by atoms with Crippen molar-refractivity contribution in [3.63, 3.8) is 0 Å². The minimum Gasteiger partial charge on any atom is -0.550 e. The molecule has 0 saturated heterocycles. The van der Waals surface area contributed by atoms with Gasteiger partial charge in [0.05, 0.1) is 0 Å². The molecule has 0 heterocycles. The number of carbonyl (C=O) groups is 2. The molecule has 0 rings (SSSR count). The van der Waals surface area contributed by atoms with Crippen LogP contribution in [-0.2, 0) is 35.8 Å². The van der Waals surface area contributed by atoms with Crippen LogP contribution in [0.5, 0.6) is 0 Å². The van der Waals surface area contributed by atoms with E-state index < -0.39 is 11.9 Å². The second-order valence-electron chi connectivity index (χ2n) is 9.61. The Bertz CT molecular complexity index is 349. The molecule has 0 aromatic heterocycles. The quantitative estimate of drug-likeness (QED) is 0.0917. The minimum atomic E-state index is -0.909. The number of hydrogen-bond acceptors (Lipinski definition) is 4. The van der Waals surface area contributed by atoms with Gasteiger partial charge < -0.3 is 33.6 Å². The van der Waals surface area contributed by atoms with E-state index in [2.05, 4.69) is 41.5 Å². The van der Waals surface area contributed by atoms with Gasteiger partial charge in [-0.1, -0.05) is 143 Å². The first-order valence-corrected chi connectivity index (χ1v) is 15.4. The summed E-state index contributed by atoms with van der Waals surface area (Å²) in [7, 11) is 0. The van der Waals surface area contributed by atoms with Crippen molar-refractivity contribution in [2.45, 2.75) is 182 Å². The number of unbranched alkanes of at least 4 members (excludes halogenated alkanes) is 18. The number of rotatable bonds is 22. The molecule has 220 valence electrons. The Labute approximate surface area is 252 Å². The average molecular weight is 604 g/mol. The number of carboxylic acid groups (broad SMARTS) is 2. The fourth-order valence-corrected chi connectivity index (χ4v) is 3.16. The molecule has 0 aromatic rings. The van der Waals surface area contributed by atoms with Crippen molar-refractivity contribution in [2.24, 2.45) is 0 Å². The summed E-state index contributed by atoms with van der Waals surface area (Å²) >= 11 is 0.